The third-order valence-corrected chi connectivity index (χ3v) is 1.86. The van der Waals surface area contributed by atoms with Crippen LogP contribution in [0.1, 0.15) is 16.8 Å². The molecule has 0 amide bonds. The molecule has 0 fully saturated rings. The first-order chi connectivity index (χ1) is 6.66. The summed E-state index contributed by atoms with van der Waals surface area (Å²) >= 11 is 0. The van der Waals surface area contributed by atoms with Gasteiger partial charge in [0.1, 0.15) is 5.82 Å². The van der Waals surface area contributed by atoms with Gasteiger partial charge in [0.05, 0.1) is 11.6 Å². The molecule has 0 spiro atoms. The van der Waals surface area contributed by atoms with Crippen molar-refractivity contribution in [1.82, 2.24) is 4.98 Å². The number of hydrogen-bond donors (Lipinski definition) is 2. The minimum absolute atomic E-state index is 0.199. The van der Waals surface area contributed by atoms with E-state index in [4.69, 9.17) is 11.5 Å². The van der Waals surface area contributed by atoms with Crippen LogP contribution in [-0.2, 0) is 0 Å². The lowest BCUT2D eigenvalue weighted by Gasteiger charge is -2.08. The number of nitrogens with zero attached hydrogens (tertiary/aromatic N) is 1. The molecule has 1 atom stereocenters. The molecule has 14 heavy (non-hydrogen) atoms. The van der Waals surface area contributed by atoms with Crippen LogP contribution in [0.3, 0.4) is 0 Å². The Labute approximate surface area is 82.6 Å². The molecular weight excluding hydrogens is 178 g/mol. The van der Waals surface area contributed by atoms with Gasteiger partial charge in [-0.15, -0.1) is 6.58 Å². The van der Waals surface area contributed by atoms with E-state index in [0.29, 0.717) is 12.0 Å². The van der Waals surface area contributed by atoms with Crippen molar-refractivity contribution in [1.29, 1.82) is 0 Å². The van der Waals surface area contributed by atoms with Crippen LogP contribution in [-0.4, -0.2) is 16.8 Å². The highest BCUT2D eigenvalue weighted by Gasteiger charge is 2.16. The van der Waals surface area contributed by atoms with E-state index < -0.39 is 6.04 Å². The summed E-state index contributed by atoms with van der Waals surface area (Å²) in [5, 5.41) is 0. The lowest BCUT2D eigenvalue weighted by molar-refractivity contribution is 0.0962. The van der Waals surface area contributed by atoms with E-state index in [1.165, 1.54) is 6.20 Å². The van der Waals surface area contributed by atoms with Gasteiger partial charge >= 0.3 is 0 Å². The van der Waals surface area contributed by atoms with Gasteiger partial charge < -0.3 is 11.5 Å². The topological polar surface area (TPSA) is 82.0 Å². The first-order valence-electron chi connectivity index (χ1n) is 4.28. The Hall–Kier alpha value is -1.68. The zero-order valence-corrected chi connectivity index (χ0v) is 7.81. The van der Waals surface area contributed by atoms with Crippen molar-refractivity contribution in [2.75, 3.05) is 5.73 Å². The third kappa shape index (κ3) is 2.17. The fourth-order valence-electron chi connectivity index (χ4n) is 1.11. The first kappa shape index (κ1) is 10.4. The fourth-order valence-corrected chi connectivity index (χ4v) is 1.11. The molecule has 4 N–H and O–H groups in total. The lowest BCUT2D eigenvalue weighted by atomic mass is 10.0. The molecule has 4 heteroatoms. The second kappa shape index (κ2) is 4.53. The van der Waals surface area contributed by atoms with Gasteiger partial charge in [0.15, 0.2) is 5.78 Å². The van der Waals surface area contributed by atoms with Gasteiger partial charge in [-0.25, -0.2) is 4.98 Å². The smallest absolute Gasteiger partial charge is 0.183 e. The van der Waals surface area contributed by atoms with Gasteiger partial charge in [0.2, 0.25) is 0 Å². The molecule has 0 bridgehead atoms. The molecule has 4 nitrogen and oxygen atoms in total. The molecule has 0 aliphatic heterocycles. The highest BCUT2D eigenvalue weighted by molar-refractivity contribution is 6.03. The molecule has 1 unspecified atom stereocenters. The van der Waals surface area contributed by atoms with Crippen molar-refractivity contribution in [2.24, 2.45) is 5.73 Å². The van der Waals surface area contributed by atoms with Crippen LogP contribution in [0.2, 0.25) is 0 Å². The predicted octanol–water partition coefficient (Wildman–Crippen LogP) is 0.750. The summed E-state index contributed by atoms with van der Waals surface area (Å²) < 4.78 is 0. The highest BCUT2D eigenvalue weighted by atomic mass is 16.1. The maximum Gasteiger partial charge on any atom is 0.183 e. The Morgan fingerprint density at radius 1 is 1.71 bits per heavy atom. The van der Waals surface area contributed by atoms with E-state index in [-0.39, 0.29) is 11.6 Å². The molecule has 1 aromatic heterocycles. The monoisotopic (exact) mass is 191 g/mol. The molecule has 0 aromatic carbocycles. The number of carbonyl (C=O) groups excluding carboxylic acids is 1. The molecule has 1 rings (SSSR count). The van der Waals surface area contributed by atoms with E-state index in [2.05, 4.69) is 11.6 Å². The number of hydrogen-bond acceptors (Lipinski definition) is 4. The molecule has 74 valence electrons. The molecule has 0 saturated heterocycles. The minimum atomic E-state index is -0.584. The van der Waals surface area contributed by atoms with Gasteiger partial charge in [-0.1, -0.05) is 6.08 Å². The highest BCUT2D eigenvalue weighted by Crippen LogP contribution is 2.10. The number of ketones is 1. The molecule has 1 heterocycles. The van der Waals surface area contributed by atoms with Crippen LogP contribution in [0.25, 0.3) is 0 Å². The van der Waals surface area contributed by atoms with Gasteiger partial charge in [-0.2, -0.15) is 0 Å². The largest absolute Gasteiger partial charge is 0.383 e. The van der Waals surface area contributed by atoms with Gasteiger partial charge in [0, 0.05) is 6.20 Å². The zero-order chi connectivity index (χ0) is 10.6. The van der Waals surface area contributed by atoms with Crippen LogP contribution in [0.15, 0.2) is 31.0 Å². The summed E-state index contributed by atoms with van der Waals surface area (Å²) in [5.74, 6) is 0.0208. The second-order valence-corrected chi connectivity index (χ2v) is 2.93. The number of nitrogens with two attached hydrogens (primary N) is 2. The average molecular weight is 191 g/mol. The fraction of sp³-hybridized carbons (Fsp3) is 0.200. The number of Topliss-reactive ketones (excluding diaryl/α,β-unsaturated/α-hetero) is 1. The number of rotatable bonds is 4. The van der Waals surface area contributed by atoms with Crippen LogP contribution in [0.5, 0.6) is 0 Å². The maximum atomic E-state index is 11.7. The number of pyridine rings is 1. The number of nitrogen functional groups attached to an aromatic ring is 1. The molecular formula is C10H13N3O. The quantitative estimate of drug-likeness (QED) is 0.543. The van der Waals surface area contributed by atoms with Crippen molar-refractivity contribution in [3.63, 3.8) is 0 Å². The number of anilines is 1. The lowest BCUT2D eigenvalue weighted by Crippen LogP contribution is -2.30. The Morgan fingerprint density at radius 2 is 2.43 bits per heavy atom. The zero-order valence-electron chi connectivity index (χ0n) is 7.81. The van der Waals surface area contributed by atoms with Gasteiger partial charge in [-0.05, 0) is 18.6 Å². The second-order valence-electron chi connectivity index (χ2n) is 2.93. The maximum absolute atomic E-state index is 11.7. The van der Waals surface area contributed by atoms with E-state index in [1.54, 1.807) is 18.2 Å². The van der Waals surface area contributed by atoms with Crippen molar-refractivity contribution < 1.29 is 4.79 Å². The molecule has 0 saturated carbocycles. The van der Waals surface area contributed by atoms with E-state index >= 15 is 0 Å². The molecule has 1 aromatic rings. The summed E-state index contributed by atoms with van der Waals surface area (Å²) in [4.78, 5) is 15.5. The van der Waals surface area contributed by atoms with E-state index in [9.17, 15) is 4.79 Å². The standard InChI is InChI=1S/C10H13N3O/c1-2-4-8(11)9(14)7-5-3-6-13-10(7)12/h2-3,5-6,8H,1,4,11H2,(H2,12,13). The van der Waals surface area contributed by atoms with Gasteiger partial charge in [-0.3, -0.25) is 4.79 Å². The van der Waals surface area contributed by atoms with Crippen LogP contribution < -0.4 is 11.5 Å². The molecule has 0 radical (unpaired) electrons. The summed E-state index contributed by atoms with van der Waals surface area (Å²) in [7, 11) is 0. The van der Waals surface area contributed by atoms with Crippen molar-refractivity contribution >= 4 is 11.6 Å². The van der Waals surface area contributed by atoms with Crippen LogP contribution >= 0.6 is 0 Å². The average Bonchev–Trinajstić information content (AvgIpc) is 2.18. The van der Waals surface area contributed by atoms with Crippen molar-refractivity contribution in [3.8, 4) is 0 Å². The Morgan fingerprint density at radius 3 is 3.00 bits per heavy atom. The summed E-state index contributed by atoms with van der Waals surface area (Å²) in [6, 6.07) is 2.69. The van der Waals surface area contributed by atoms with Crippen molar-refractivity contribution in [3.05, 3.63) is 36.5 Å². The summed E-state index contributed by atoms with van der Waals surface area (Å²) in [6.07, 6.45) is 3.58. The summed E-state index contributed by atoms with van der Waals surface area (Å²) in [6.45, 7) is 3.52. The van der Waals surface area contributed by atoms with Crippen LogP contribution in [0, 0.1) is 0 Å². The third-order valence-electron chi connectivity index (χ3n) is 1.86. The molecule has 0 aliphatic rings. The first-order valence-corrected chi connectivity index (χ1v) is 4.28. The molecule has 0 aliphatic carbocycles. The number of carbonyl (C=O) groups is 1. The van der Waals surface area contributed by atoms with Crippen molar-refractivity contribution in [2.45, 2.75) is 12.5 Å². The Bertz CT molecular complexity index is 349. The van der Waals surface area contributed by atoms with Gasteiger partial charge in [0.25, 0.3) is 0 Å². The normalized spacial score (nSPS) is 12.1. The SMILES string of the molecule is C=CCC(N)C(=O)c1cccnc1N. The van der Waals surface area contributed by atoms with E-state index in [1.807, 2.05) is 0 Å². The van der Waals surface area contributed by atoms with Crippen LogP contribution in [0.4, 0.5) is 5.82 Å². The minimum Gasteiger partial charge on any atom is -0.383 e. The Kier molecular flexibility index (Phi) is 3.36. The predicted molar refractivity (Wildman–Crippen MR) is 55.8 cm³/mol. The Balaban J connectivity index is 2.89. The summed E-state index contributed by atoms with van der Waals surface area (Å²) in [5.41, 5.74) is 11.5. The van der Waals surface area contributed by atoms with E-state index in [0.717, 1.165) is 0 Å². The number of aromatic nitrogens is 1.